The van der Waals surface area contributed by atoms with Crippen molar-refractivity contribution in [2.24, 2.45) is 17.8 Å². The van der Waals surface area contributed by atoms with E-state index in [9.17, 15) is 19.5 Å². The topological polar surface area (TPSA) is 105 Å². The molecular formula is C24H30BrClN2O6. The third-order valence-electron chi connectivity index (χ3n) is 7.32. The predicted octanol–water partition coefficient (Wildman–Crippen LogP) is 2.91. The Morgan fingerprint density at radius 1 is 1.41 bits per heavy atom. The monoisotopic (exact) mass is 556 g/mol. The smallest absolute Gasteiger partial charge is 0.312 e. The van der Waals surface area contributed by atoms with Gasteiger partial charge in [-0.1, -0.05) is 53.5 Å². The first kappa shape index (κ1) is 25.4. The largest absolute Gasteiger partial charge is 0.466 e. The van der Waals surface area contributed by atoms with Crippen LogP contribution in [0.25, 0.3) is 0 Å². The Bertz CT molecular complexity index is 985. The van der Waals surface area contributed by atoms with Gasteiger partial charge in [0.15, 0.2) is 0 Å². The molecule has 1 spiro atoms. The molecule has 0 radical (unpaired) electrons. The van der Waals surface area contributed by atoms with Crippen LogP contribution < -0.4 is 5.32 Å². The van der Waals surface area contributed by atoms with Gasteiger partial charge in [0.1, 0.15) is 11.6 Å². The Morgan fingerprint density at radius 3 is 2.71 bits per heavy atom. The average molecular weight is 558 g/mol. The van der Waals surface area contributed by atoms with E-state index in [4.69, 9.17) is 21.1 Å². The van der Waals surface area contributed by atoms with Gasteiger partial charge in [-0.05, 0) is 37.8 Å². The van der Waals surface area contributed by atoms with Gasteiger partial charge in [0.2, 0.25) is 11.8 Å². The molecular weight excluding hydrogens is 528 g/mol. The molecule has 0 saturated carbocycles. The lowest BCUT2D eigenvalue weighted by Gasteiger charge is -2.38. The van der Waals surface area contributed by atoms with E-state index < -0.39 is 47.5 Å². The van der Waals surface area contributed by atoms with Crippen molar-refractivity contribution < 1.29 is 29.0 Å². The van der Waals surface area contributed by atoms with Crippen LogP contribution >= 0.6 is 27.5 Å². The summed E-state index contributed by atoms with van der Waals surface area (Å²) in [6.45, 7) is 7.13. The standard InChI is InChI=1S/C24H30BrClN2O6/c1-5-33-23(32)16-17-22(31)28(15(10-29)11(2)3)20(24(17)9-13(25)19(16)34-24)21(30)27-18-12(4)7-6-8-14(18)26/h6-8,11,13,15-17,19-20,29H,5,9-10H2,1-4H3,(H,27,30)/t13?,15-,16+,17-,19+,20+,24-/m0/s1. The van der Waals surface area contributed by atoms with Crippen LogP contribution in [0.5, 0.6) is 0 Å². The molecule has 0 aliphatic carbocycles. The first-order valence-electron chi connectivity index (χ1n) is 11.6. The number of aliphatic hydroxyl groups excluding tert-OH is 1. The van der Waals surface area contributed by atoms with Gasteiger partial charge in [0.25, 0.3) is 0 Å². The fraction of sp³-hybridized carbons (Fsp3) is 0.625. The molecule has 3 aliphatic heterocycles. The van der Waals surface area contributed by atoms with Crippen molar-refractivity contribution in [2.45, 2.75) is 62.7 Å². The fourth-order valence-corrected chi connectivity index (χ4v) is 7.05. The second-order valence-electron chi connectivity index (χ2n) is 9.58. The Kier molecular flexibility index (Phi) is 7.03. The number of anilines is 1. The van der Waals surface area contributed by atoms with Crippen LogP contribution in [0.2, 0.25) is 5.02 Å². The molecule has 34 heavy (non-hydrogen) atoms. The molecule has 1 unspecified atom stereocenters. The molecule has 3 saturated heterocycles. The average Bonchev–Trinajstić information content (AvgIpc) is 3.35. The van der Waals surface area contributed by atoms with Crippen LogP contribution in [-0.2, 0) is 23.9 Å². The minimum absolute atomic E-state index is 0.139. The summed E-state index contributed by atoms with van der Waals surface area (Å²) in [7, 11) is 0. The van der Waals surface area contributed by atoms with Crippen LogP contribution in [-0.4, -0.2) is 69.6 Å². The van der Waals surface area contributed by atoms with Gasteiger partial charge < -0.3 is 24.8 Å². The van der Waals surface area contributed by atoms with E-state index in [1.54, 1.807) is 19.1 Å². The first-order valence-corrected chi connectivity index (χ1v) is 12.9. The number of nitrogens with zero attached hydrogens (tertiary/aromatic N) is 1. The predicted molar refractivity (Wildman–Crippen MR) is 130 cm³/mol. The van der Waals surface area contributed by atoms with E-state index in [2.05, 4.69) is 21.2 Å². The number of fused-ring (bicyclic) bond motifs is 1. The molecule has 186 valence electrons. The number of aliphatic hydroxyl groups is 1. The molecule has 0 aromatic heterocycles. The molecule has 2 bridgehead atoms. The number of benzene rings is 1. The number of nitrogens with one attached hydrogen (secondary N) is 1. The van der Waals surface area contributed by atoms with Crippen LogP contribution in [0, 0.1) is 24.7 Å². The number of aryl methyl sites for hydroxylation is 1. The van der Waals surface area contributed by atoms with Crippen LogP contribution in [0.1, 0.15) is 32.8 Å². The zero-order valence-electron chi connectivity index (χ0n) is 19.6. The molecule has 1 aromatic carbocycles. The molecule has 3 fully saturated rings. The van der Waals surface area contributed by atoms with Crippen molar-refractivity contribution in [1.82, 2.24) is 4.90 Å². The maximum atomic E-state index is 13.9. The summed E-state index contributed by atoms with van der Waals surface area (Å²) in [5, 5.41) is 13.5. The number of carbonyl (C=O) groups is 3. The number of rotatable bonds is 7. The van der Waals surface area contributed by atoms with Crippen molar-refractivity contribution in [2.75, 3.05) is 18.5 Å². The Morgan fingerprint density at radius 2 is 2.12 bits per heavy atom. The Labute approximate surface area is 212 Å². The second kappa shape index (κ2) is 9.41. The molecule has 7 atom stereocenters. The highest BCUT2D eigenvalue weighted by Crippen LogP contribution is 2.60. The number of hydrogen-bond acceptors (Lipinski definition) is 6. The molecule has 3 aliphatic rings. The zero-order valence-corrected chi connectivity index (χ0v) is 21.9. The van der Waals surface area contributed by atoms with Gasteiger partial charge in [-0.2, -0.15) is 0 Å². The van der Waals surface area contributed by atoms with Crippen molar-refractivity contribution in [3.63, 3.8) is 0 Å². The third kappa shape index (κ3) is 3.75. The van der Waals surface area contributed by atoms with Gasteiger partial charge in [-0.25, -0.2) is 0 Å². The third-order valence-corrected chi connectivity index (χ3v) is 8.48. The minimum atomic E-state index is -1.23. The van der Waals surface area contributed by atoms with Gasteiger partial charge in [-0.3, -0.25) is 14.4 Å². The maximum absolute atomic E-state index is 13.9. The maximum Gasteiger partial charge on any atom is 0.312 e. The molecule has 8 nitrogen and oxygen atoms in total. The van der Waals surface area contributed by atoms with Crippen LogP contribution in [0.3, 0.4) is 0 Å². The first-order chi connectivity index (χ1) is 16.1. The Balaban J connectivity index is 1.81. The summed E-state index contributed by atoms with van der Waals surface area (Å²) < 4.78 is 11.7. The van der Waals surface area contributed by atoms with Gasteiger partial charge in [0.05, 0.1) is 47.9 Å². The number of alkyl halides is 1. The molecule has 1 aromatic rings. The summed E-state index contributed by atoms with van der Waals surface area (Å²) in [6.07, 6.45) is -0.213. The lowest BCUT2D eigenvalue weighted by Crippen LogP contribution is -2.57. The highest BCUT2D eigenvalue weighted by atomic mass is 79.9. The molecule has 2 N–H and O–H groups in total. The molecule has 2 amide bonds. The lowest BCUT2D eigenvalue weighted by molar-refractivity contribution is -0.155. The van der Waals surface area contributed by atoms with E-state index in [0.717, 1.165) is 5.56 Å². The number of esters is 1. The van der Waals surface area contributed by atoms with E-state index in [-0.39, 0.29) is 29.9 Å². The number of para-hydroxylation sites is 1. The number of amides is 2. The van der Waals surface area contributed by atoms with E-state index in [0.29, 0.717) is 17.1 Å². The minimum Gasteiger partial charge on any atom is -0.466 e. The molecule has 4 rings (SSSR count). The number of carbonyl (C=O) groups excluding carboxylic acids is 3. The summed E-state index contributed by atoms with van der Waals surface area (Å²) >= 11 is 9.97. The summed E-state index contributed by atoms with van der Waals surface area (Å²) in [6, 6.07) is 3.61. The normalized spacial score (nSPS) is 32.8. The van der Waals surface area contributed by atoms with Crippen LogP contribution in [0.15, 0.2) is 18.2 Å². The van der Waals surface area contributed by atoms with E-state index >= 15 is 0 Å². The van der Waals surface area contributed by atoms with Crippen LogP contribution in [0.4, 0.5) is 5.69 Å². The molecule has 3 heterocycles. The fourth-order valence-electron chi connectivity index (χ4n) is 5.83. The number of ether oxygens (including phenoxy) is 2. The molecule has 10 heteroatoms. The quantitative estimate of drug-likeness (QED) is 0.395. The van der Waals surface area contributed by atoms with Crippen molar-refractivity contribution in [3.8, 4) is 0 Å². The van der Waals surface area contributed by atoms with Crippen molar-refractivity contribution in [3.05, 3.63) is 28.8 Å². The Hall–Kier alpha value is -1.68. The number of likely N-dealkylation sites (tertiary alicyclic amines) is 1. The summed E-state index contributed by atoms with van der Waals surface area (Å²) in [5.41, 5.74) is -0.00123. The van der Waals surface area contributed by atoms with E-state index in [1.165, 1.54) is 4.90 Å². The number of hydrogen-bond donors (Lipinski definition) is 2. The second-order valence-corrected chi connectivity index (χ2v) is 11.2. The van der Waals surface area contributed by atoms with E-state index in [1.807, 2.05) is 26.8 Å². The SMILES string of the molecule is CCOC(=O)[C@H]1[C@@H]2O[C@@]3(CC2Br)[C@@H]1C(=O)N([C@@H](CO)C(C)C)[C@@H]3C(=O)Nc1c(C)cccc1Cl. The number of halogens is 2. The summed E-state index contributed by atoms with van der Waals surface area (Å²) in [4.78, 5) is 42.0. The van der Waals surface area contributed by atoms with Gasteiger partial charge in [0, 0.05) is 4.83 Å². The van der Waals surface area contributed by atoms with Crippen molar-refractivity contribution >= 4 is 51.0 Å². The van der Waals surface area contributed by atoms with Crippen molar-refractivity contribution in [1.29, 1.82) is 0 Å². The highest BCUT2D eigenvalue weighted by molar-refractivity contribution is 9.09. The van der Waals surface area contributed by atoms with Gasteiger partial charge >= 0.3 is 5.97 Å². The highest BCUT2D eigenvalue weighted by Gasteiger charge is 2.77. The summed E-state index contributed by atoms with van der Waals surface area (Å²) in [5.74, 6) is -3.19. The lowest BCUT2D eigenvalue weighted by atomic mass is 9.70. The van der Waals surface area contributed by atoms with Gasteiger partial charge in [-0.15, -0.1) is 0 Å². The zero-order chi connectivity index (χ0) is 24.9.